The molecule has 0 bridgehead atoms. The summed E-state index contributed by atoms with van der Waals surface area (Å²) in [5, 5.41) is 12.4. The molecule has 2 aromatic heterocycles. The summed E-state index contributed by atoms with van der Waals surface area (Å²) in [5.41, 5.74) is 2.02. The van der Waals surface area contributed by atoms with Crippen molar-refractivity contribution in [3.63, 3.8) is 0 Å². The van der Waals surface area contributed by atoms with Crippen molar-refractivity contribution < 1.29 is 4.52 Å². The van der Waals surface area contributed by atoms with Crippen molar-refractivity contribution in [2.45, 2.75) is 0 Å². The Bertz CT molecular complexity index is 837. The maximum absolute atomic E-state index is 11.2. The lowest BCUT2D eigenvalue weighted by atomic mass is 10.1. The standard InChI is InChI=1S/C11H5BrN4O2/c12-9-8(4-13)16-18-10(9)5-1-2-6-7(3-5)15-11(17)14-6/h1-3H,(H2,14,15,17). The summed E-state index contributed by atoms with van der Waals surface area (Å²) in [6.07, 6.45) is 0. The quantitative estimate of drug-likeness (QED) is 0.719. The van der Waals surface area contributed by atoms with E-state index in [1.807, 2.05) is 6.07 Å². The number of hydrogen-bond donors (Lipinski definition) is 2. The van der Waals surface area contributed by atoms with Gasteiger partial charge in [0.05, 0.1) is 11.0 Å². The molecule has 88 valence electrons. The molecule has 0 unspecified atom stereocenters. The summed E-state index contributed by atoms with van der Waals surface area (Å²) in [6.45, 7) is 0. The molecular formula is C11H5BrN4O2. The van der Waals surface area contributed by atoms with Crippen LogP contribution in [0.2, 0.25) is 0 Å². The molecular weight excluding hydrogens is 300 g/mol. The highest BCUT2D eigenvalue weighted by molar-refractivity contribution is 9.10. The van der Waals surface area contributed by atoms with Crippen molar-refractivity contribution in [2.24, 2.45) is 0 Å². The maximum atomic E-state index is 11.2. The van der Waals surface area contributed by atoms with E-state index in [0.29, 0.717) is 21.3 Å². The molecule has 0 aliphatic carbocycles. The molecule has 0 aliphatic rings. The Morgan fingerprint density at radius 3 is 2.83 bits per heavy atom. The van der Waals surface area contributed by atoms with Gasteiger partial charge in [0, 0.05) is 5.56 Å². The smallest absolute Gasteiger partial charge is 0.323 e. The number of aromatic amines is 2. The molecule has 3 aromatic rings. The van der Waals surface area contributed by atoms with E-state index < -0.39 is 0 Å². The summed E-state index contributed by atoms with van der Waals surface area (Å²) in [4.78, 5) is 16.5. The second-order valence-corrected chi connectivity index (χ2v) is 4.42. The molecule has 0 fully saturated rings. The van der Waals surface area contributed by atoms with E-state index in [1.165, 1.54) is 0 Å². The second-order valence-electron chi connectivity index (χ2n) is 3.63. The molecule has 1 aromatic carbocycles. The number of halogens is 1. The molecule has 7 heteroatoms. The third-order valence-electron chi connectivity index (χ3n) is 2.52. The van der Waals surface area contributed by atoms with Crippen LogP contribution in [0.3, 0.4) is 0 Å². The average Bonchev–Trinajstić information content (AvgIpc) is 2.89. The van der Waals surface area contributed by atoms with Gasteiger partial charge in [0.1, 0.15) is 10.5 Å². The number of fused-ring (bicyclic) bond motifs is 1. The van der Waals surface area contributed by atoms with Gasteiger partial charge in [-0.2, -0.15) is 5.26 Å². The summed E-state index contributed by atoms with van der Waals surface area (Å²) in [6, 6.07) is 7.19. The molecule has 0 aliphatic heterocycles. The third kappa shape index (κ3) is 1.55. The van der Waals surface area contributed by atoms with Gasteiger partial charge in [-0.3, -0.25) is 0 Å². The first-order valence-corrected chi connectivity index (χ1v) is 5.76. The van der Waals surface area contributed by atoms with Gasteiger partial charge in [0.15, 0.2) is 11.5 Å². The number of hydrogen-bond acceptors (Lipinski definition) is 4. The lowest BCUT2D eigenvalue weighted by molar-refractivity contribution is 0.430. The van der Waals surface area contributed by atoms with Gasteiger partial charge in [-0.25, -0.2) is 4.79 Å². The van der Waals surface area contributed by atoms with E-state index >= 15 is 0 Å². The highest BCUT2D eigenvalue weighted by Gasteiger charge is 2.15. The number of rotatable bonds is 1. The fourth-order valence-corrected chi connectivity index (χ4v) is 2.16. The molecule has 0 saturated carbocycles. The fourth-order valence-electron chi connectivity index (χ4n) is 1.70. The molecule has 0 amide bonds. The zero-order valence-corrected chi connectivity index (χ0v) is 10.4. The monoisotopic (exact) mass is 304 g/mol. The van der Waals surface area contributed by atoms with Crippen LogP contribution in [-0.2, 0) is 0 Å². The highest BCUT2D eigenvalue weighted by atomic mass is 79.9. The summed E-state index contributed by atoms with van der Waals surface area (Å²) < 4.78 is 5.61. The van der Waals surface area contributed by atoms with E-state index in [9.17, 15) is 4.79 Å². The summed E-state index contributed by atoms with van der Waals surface area (Å²) >= 11 is 3.26. The highest BCUT2D eigenvalue weighted by Crippen LogP contribution is 2.31. The first-order valence-electron chi connectivity index (χ1n) is 4.97. The van der Waals surface area contributed by atoms with Crippen LogP contribution in [0.4, 0.5) is 0 Å². The van der Waals surface area contributed by atoms with E-state index in [0.717, 1.165) is 5.56 Å². The lowest BCUT2D eigenvalue weighted by Gasteiger charge is -1.96. The van der Waals surface area contributed by atoms with Crippen LogP contribution in [0.25, 0.3) is 22.4 Å². The van der Waals surface area contributed by atoms with Gasteiger partial charge < -0.3 is 14.5 Å². The van der Waals surface area contributed by atoms with Crippen LogP contribution in [0.1, 0.15) is 5.69 Å². The van der Waals surface area contributed by atoms with Crippen LogP contribution < -0.4 is 5.69 Å². The Morgan fingerprint density at radius 1 is 1.33 bits per heavy atom. The molecule has 6 nitrogen and oxygen atoms in total. The largest absolute Gasteiger partial charge is 0.354 e. The van der Waals surface area contributed by atoms with Gasteiger partial charge in [-0.15, -0.1) is 0 Å². The van der Waals surface area contributed by atoms with E-state index in [2.05, 4.69) is 31.1 Å². The number of nitrogens with zero attached hydrogens (tertiary/aromatic N) is 2. The number of nitriles is 1. The van der Waals surface area contributed by atoms with Crippen LogP contribution in [0.5, 0.6) is 0 Å². The predicted octanol–water partition coefficient (Wildman–Crippen LogP) is 2.15. The molecule has 2 heterocycles. The molecule has 3 rings (SSSR count). The minimum absolute atomic E-state index is 0.188. The zero-order valence-electron chi connectivity index (χ0n) is 8.82. The molecule has 0 saturated heterocycles. The zero-order chi connectivity index (χ0) is 12.7. The average molecular weight is 305 g/mol. The predicted molar refractivity (Wildman–Crippen MR) is 66.8 cm³/mol. The lowest BCUT2D eigenvalue weighted by Crippen LogP contribution is -1.99. The normalized spacial score (nSPS) is 10.7. The van der Waals surface area contributed by atoms with Crippen LogP contribution in [-0.4, -0.2) is 15.1 Å². The number of imidazole rings is 1. The van der Waals surface area contributed by atoms with Crippen LogP contribution >= 0.6 is 15.9 Å². The minimum Gasteiger partial charge on any atom is -0.354 e. The van der Waals surface area contributed by atoms with Crippen LogP contribution in [0.15, 0.2) is 32.0 Å². The van der Waals surface area contributed by atoms with Crippen molar-refractivity contribution in [3.05, 3.63) is 38.9 Å². The number of aromatic nitrogens is 3. The van der Waals surface area contributed by atoms with Crippen LogP contribution in [0, 0.1) is 11.3 Å². The first-order chi connectivity index (χ1) is 8.69. The Balaban J connectivity index is 2.22. The van der Waals surface area contributed by atoms with Gasteiger partial charge in [0.2, 0.25) is 0 Å². The van der Waals surface area contributed by atoms with E-state index in [4.69, 9.17) is 9.78 Å². The van der Waals surface area contributed by atoms with Gasteiger partial charge >= 0.3 is 5.69 Å². The Kier molecular flexibility index (Phi) is 2.31. The van der Waals surface area contributed by atoms with Crippen molar-refractivity contribution >= 4 is 27.0 Å². The van der Waals surface area contributed by atoms with Crippen molar-refractivity contribution in [2.75, 3.05) is 0 Å². The first kappa shape index (κ1) is 10.8. The topological polar surface area (TPSA) is 98.5 Å². The van der Waals surface area contributed by atoms with Crippen molar-refractivity contribution in [1.82, 2.24) is 15.1 Å². The van der Waals surface area contributed by atoms with E-state index in [1.54, 1.807) is 18.2 Å². The van der Waals surface area contributed by atoms with Crippen molar-refractivity contribution in [3.8, 4) is 17.4 Å². The Labute approximate surface area is 108 Å². The van der Waals surface area contributed by atoms with Gasteiger partial charge in [-0.1, -0.05) is 5.16 Å². The summed E-state index contributed by atoms with van der Waals surface area (Å²) in [5.74, 6) is 0.454. The van der Waals surface area contributed by atoms with Gasteiger partial charge in [-0.05, 0) is 34.1 Å². The molecule has 0 atom stereocenters. The van der Waals surface area contributed by atoms with E-state index in [-0.39, 0.29) is 11.4 Å². The van der Waals surface area contributed by atoms with Crippen molar-refractivity contribution in [1.29, 1.82) is 5.26 Å². The number of nitrogens with one attached hydrogen (secondary N) is 2. The van der Waals surface area contributed by atoms with Gasteiger partial charge in [0.25, 0.3) is 0 Å². The molecule has 18 heavy (non-hydrogen) atoms. The minimum atomic E-state index is -0.267. The second kappa shape index (κ2) is 3.85. The number of H-pyrrole nitrogens is 2. The Hall–Kier alpha value is -2.33. The molecule has 0 spiro atoms. The Morgan fingerprint density at radius 2 is 2.11 bits per heavy atom. The maximum Gasteiger partial charge on any atom is 0.323 e. The third-order valence-corrected chi connectivity index (χ3v) is 3.26. The number of benzene rings is 1. The molecule has 0 radical (unpaired) electrons. The molecule has 2 N–H and O–H groups in total. The fraction of sp³-hybridized carbons (Fsp3) is 0. The summed E-state index contributed by atoms with van der Waals surface area (Å²) in [7, 11) is 0. The SMILES string of the molecule is N#Cc1noc(-c2ccc3[nH]c(=O)[nH]c3c2)c1Br.